The zero-order valence-corrected chi connectivity index (χ0v) is 10.8. The molecule has 0 aliphatic carbocycles. The van der Waals surface area contributed by atoms with Crippen LogP contribution in [-0.4, -0.2) is 0 Å². The molecule has 0 aliphatic heterocycles. The molecule has 2 rings (SSSR count). The van der Waals surface area contributed by atoms with Gasteiger partial charge in [-0.05, 0) is 36.2 Å². The summed E-state index contributed by atoms with van der Waals surface area (Å²) in [4.78, 5) is 0. The first-order valence-corrected chi connectivity index (χ1v) is 6.43. The van der Waals surface area contributed by atoms with E-state index in [0.717, 1.165) is 12.6 Å². The first kappa shape index (κ1) is 11.4. The van der Waals surface area contributed by atoms with Gasteiger partial charge in [0.1, 0.15) is 0 Å². The van der Waals surface area contributed by atoms with Gasteiger partial charge in [0.15, 0.2) is 0 Å². The normalized spacial score (nSPS) is 10.4. The molecule has 0 radical (unpaired) electrons. The highest BCUT2D eigenvalue weighted by Crippen LogP contribution is 2.13. The van der Waals surface area contributed by atoms with Crippen LogP contribution in [0.2, 0.25) is 0 Å². The van der Waals surface area contributed by atoms with E-state index in [2.05, 4.69) is 64.7 Å². The lowest BCUT2D eigenvalue weighted by atomic mass is 10.0. The van der Waals surface area contributed by atoms with Gasteiger partial charge in [0, 0.05) is 0 Å². The maximum atomic E-state index is 2.75. The lowest BCUT2D eigenvalue weighted by Gasteiger charge is -2.03. The Kier molecular flexibility index (Phi) is 3.74. The molecular weight excluding hydrogens is 211 g/mol. The lowest BCUT2D eigenvalue weighted by molar-refractivity contribution is 1.18. The molecule has 0 heterocycles. The minimum absolute atomic E-state index is 1.03. The maximum absolute atomic E-state index is 2.75. The Balaban J connectivity index is 2.11. The zero-order valence-electron chi connectivity index (χ0n) is 9.61. The molecular formula is C15H17P. The van der Waals surface area contributed by atoms with E-state index in [1.165, 1.54) is 22.3 Å². The third-order valence-electron chi connectivity index (χ3n) is 2.79. The summed E-state index contributed by atoms with van der Waals surface area (Å²) in [7, 11) is 2.75. The number of hydrogen-bond donors (Lipinski definition) is 0. The predicted molar refractivity (Wildman–Crippen MR) is 73.8 cm³/mol. The number of hydrogen-bond acceptors (Lipinski definition) is 0. The van der Waals surface area contributed by atoms with Gasteiger partial charge < -0.3 is 0 Å². The summed E-state index contributed by atoms with van der Waals surface area (Å²) in [5, 5.41) is 0. The monoisotopic (exact) mass is 228 g/mol. The van der Waals surface area contributed by atoms with Crippen molar-refractivity contribution >= 4 is 9.24 Å². The third-order valence-corrected chi connectivity index (χ3v) is 3.26. The van der Waals surface area contributed by atoms with E-state index in [0.29, 0.717) is 0 Å². The van der Waals surface area contributed by atoms with Crippen LogP contribution in [0.15, 0.2) is 48.5 Å². The van der Waals surface area contributed by atoms with Crippen molar-refractivity contribution in [3.8, 4) is 0 Å². The Morgan fingerprint density at radius 2 is 1.19 bits per heavy atom. The molecule has 0 N–H and O–H groups in total. The molecule has 0 aromatic heterocycles. The van der Waals surface area contributed by atoms with Crippen LogP contribution in [0.3, 0.4) is 0 Å². The second-order valence-electron chi connectivity index (χ2n) is 4.18. The van der Waals surface area contributed by atoms with Crippen LogP contribution < -0.4 is 0 Å². The largest absolute Gasteiger partial charge is 0.133 e. The first-order chi connectivity index (χ1) is 7.78. The highest BCUT2D eigenvalue weighted by Gasteiger charge is 1.96. The summed E-state index contributed by atoms with van der Waals surface area (Å²) in [5.41, 5.74) is 5.45. The van der Waals surface area contributed by atoms with Gasteiger partial charge >= 0.3 is 0 Å². The van der Waals surface area contributed by atoms with Gasteiger partial charge in [-0.25, -0.2) is 0 Å². The van der Waals surface area contributed by atoms with E-state index in [1.54, 1.807) is 0 Å². The van der Waals surface area contributed by atoms with E-state index in [9.17, 15) is 0 Å². The Morgan fingerprint density at radius 1 is 0.750 bits per heavy atom. The van der Waals surface area contributed by atoms with E-state index in [4.69, 9.17) is 0 Å². The summed E-state index contributed by atoms with van der Waals surface area (Å²) in [5.74, 6) is 0. The van der Waals surface area contributed by atoms with Gasteiger partial charge in [-0.3, -0.25) is 0 Å². The Bertz CT molecular complexity index is 440. The predicted octanol–water partition coefficient (Wildman–Crippen LogP) is 3.96. The highest BCUT2D eigenvalue weighted by atomic mass is 31.0. The number of aryl methyl sites for hydroxylation is 1. The van der Waals surface area contributed by atoms with Crippen molar-refractivity contribution in [2.24, 2.45) is 0 Å². The SMILES string of the molecule is Cc1ccc(Cc2ccc(CP)cc2)cc1. The smallest absolute Gasteiger partial charge is 0.00258 e. The standard InChI is InChI=1S/C15H17P/c1-12-2-4-13(5-3-12)10-14-6-8-15(11-16)9-7-14/h2-9H,10-11,16H2,1H3. The molecule has 2 aromatic carbocycles. The van der Waals surface area contributed by atoms with E-state index >= 15 is 0 Å². The molecule has 1 unspecified atom stereocenters. The molecule has 2 aromatic rings. The van der Waals surface area contributed by atoms with Crippen molar-refractivity contribution in [2.75, 3.05) is 0 Å². The van der Waals surface area contributed by atoms with E-state index in [1.807, 2.05) is 0 Å². The van der Waals surface area contributed by atoms with Gasteiger partial charge in [-0.15, -0.1) is 9.24 Å². The third kappa shape index (κ3) is 2.93. The molecule has 0 saturated heterocycles. The summed E-state index contributed by atoms with van der Waals surface area (Å²) in [6.07, 6.45) is 2.06. The minimum Gasteiger partial charge on any atom is -0.133 e. The van der Waals surface area contributed by atoms with Crippen molar-refractivity contribution in [2.45, 2.75) is 19.5 Å². The second-order valence-corrected chi connectivity index (χ2v) is 4.59. The van der Waals surface area contributed by atoms with Gasteiger partial charge in [0.2, 0.25) is 0 Å². The van der Waals surface area contributed by atoms with Gasteiger partial charge in [0.05, 0.1) is 0 Å². The van der Waals surface area contributed by atoms with Crippen LogP contribution in [0.5, 0.6) is 0 Å². The molecule has 0 aliphatic rings. The Hall–Kier alpha value is -1.13. The van der Waals surface area contributed by atoms with Crippen LogP contribution in [0, 0.1) is 6.92 Å². The van der Waals surface area contributed by atoms with Gasteiger partial charge in [0.25, 0.3) is 0 Å². The van der Waals surface area contributed by atoms with Crippen LogP contribution in [-0.2, 0) is 12.6 Å². The molecule has 0 bridgehead atoms. The molecule has 0 amide bonds. The van der Waals surface area contributed by atoms with Crippen LogP contribution in [0.25, 0.3) is 0 Å². The average molecular weight is 228 g/mol. The lowest BCUT2D eigenvalue weighted by Crippen LogP contribution is -1.88. The fraction of sp³-hybridized carbons (Fsp3) is 0.200. The molecule has 16 heavy (non-hydrogen) atoms. The summed E-state index contributed by atoms with van der Waals surface area (Å²) >= 11 is 0. The number of benzene rings is 2. The maximum Gasteiger partial charge on any atom is -0.00258 e. The molecule has 1 heteroatoms. The minimum atomic E-state index is 1.03. The van der Waals surface area contributed by atoms with Crippen LogP contribution in [0.4, 0.5) is 0 Å². The van der Waals surface area contributed by atoms with Crippen molar-refractivity contribution in [1.29, 1.82) is 0 Å². The first-order valence-electron chi connectivity index (χ1n) is 5.61. The Morgan fingerprint density at radius 3 is 1.69 bits per heavy atom. The average Bonchev–Trinajstić information content (AvgIpc) is 2.33. The molecule has 0 nitrogen and oxygen atoms in total. The van der Waals surface area contributed by atoms with E-state index in [-0.39, 0.29) is 0 Å². The van der Waals surface area contributed by atoms with Gasteiger partial charge in [-0.2, -0.15) is 0 Å². The second kappa shape index (κ2) is 5.27. The number of rotatable bonds is 3. The van der Waals surface area contributed by atoms with Crippen LogP contribution >= 0.6 is 9.24 Å². The fourth-order valence-electron chi connectivity index (χ4n) is 1.73. The molecule has 1 atom stereocenters. The molecule has 82 valence electrons. The topological polar surface area (TPSA) is 0 Å². The summed E-state index contributed by atoms with van der Waals surface area (Å²) in [6.45, 7) is 2.12. The zero-order chi connectivity index (χ0) is 11.4. The van der Waals surface area contributed by atoms with E-state index < -0.39 is 0 Å². The summed E-state index contributed by atoms with van der Waals surface area (Å²) in [6, 6.07) is 17.6. The molecule has 0 fully saturated rings. The van der Waals surface area contributed by atoms with Crippen LogP contribution in [0.1, 0.15) is 22.3 Å². The molecule has 0 saturated carbocycles. The van der Waals surface area contributed by atoms with Crippen molar-refractivity contribution in [1.82, 2.24) is 0 Å². The Labute approximate surface area is 99.9 Å². The van der Waals surface area contributed by atoms with Crippen molar-refractivity contribution in [3.05, 3.63) is 70.8 Å². The van der Waals surface area contributed by atoms with Crippen molar-refractivity contribution in [3.63, 3.8) is 0 Å². The quantitative estimate of drug-likeness (QED) is 0.697. The fourth-order valence-corrected chi connectivity index (χ4v) is 2.01. The summed E-state index contributed by atoms with van der Waals surface area (Å²) < 4.78 is 0. The van der Waals surface area contributed by atoms with Crippen molar-refractivity contribution < 1.29 is 0 Å². The highest BCUT2D eigenvalue weighted by molar-refractivity contribution is 7.15. The van der Waals surface area contributed by atoms with Gasteiger partial charge in [-0.1, -0.05) is 54.1 Å². The molecule has 0 spiro atoms.